The van der Waals surface area contributed by atoms with Crippen molar-refractivity contribution < 1.29 is 18.7 Å². The van der Waals surface area contributed by atoms with Crippen LogP contribution in [0.3, 0.4) is 0 Å². The van der Waals surface area contributed by atoms with Gasteiger partial charge in [0.05, 0.1) is 18.3 Å². The summed E-state index contributed by atoms with van der Waals surface area (Å²) in [7, 11) is 0. The Labute approximate surface area is 139 Å². The first-order chi connectivity index (χ1) is 11.5. The molecule has 0 aliphatic rings. The molecule has 0 aliphatic carbocycles. The Morgan fingerprint density at radius 3 is 2.25 bits per heavy atom. The van der Waals surface area contributed by atoms with E-state index in [1.807, 2.05) is 13.8 Å². The number of amides is 2. The van der Waals surface area contributed by atoms with E-state index in [-0.39, 0.29) is 11.7 Å². The molecule has 2 aromatic rings. The van der Waals surface area contributed by atoms with Crippen LogP contribution < -0.4 is 10.9 Å². The van der Waals surface area contributed by atoms with Gasteiger partial charge in [-0.25, -0.2) is 4.39 Å². The van der Waals surface area contributed by atoms with Crippen LogP contribution in [0.2, 0.25) is 0 Å². The number of carbonyl (C=O) groups excluding carboxylic acids is 2. The molecule has 0 fully saturated rings. The summed E-state index contributed by atoms with van der Waals surface area (Å²) in [5, 5.41) is 0. The first-order valence-electron chi connectivity index (χ1n) is 7.53. The molecular weight excluding hydrogens is 311 g/mol. The lowest BCUT2D eigenvalue weighted by atomic mass is 10.1. The molecule has 0 spiro atoms. The van der Waals surface area contributed by atoms with Gasteiger partial charge in [0.15, 0.2) is 0 Å². The van der Waals surface area contributed by atoms with Crippen molar-refractivity contribution in [2.75, 3.05) is 0 Å². The minimum Gasteiger partial charge on any atom is -0.374 e. The van der Waals surface area contributed by atoms with Crippen LogP contribution >= 0.6 is 0 Å². The summed E-state index contributed by atoms with van der Waals surface area (Å²) >= 11 is 0. The van der Waals surface area contributed by atoms with Crippen LogP contribution in [0.1, 0.15) is 40.1 Å². The Bertz CT molecular complexity index is 714. The zero-order valence-electron chi connectivity index (χ0n) is 13.5. The Morgan fingerprint density at radius 1 is 1.00 bits per heavy atom. The van der Waals surface area contributed by atoms with Crippen molar-refractivity contribution in [3.8, 4) is 0 Å². The van der Waals surface area contributed by atoms with Crippen LogP contribution in [0.25, 0.3) is 0 Å². The van der Waals surface area contributed by atoms with Gasteiger partial charge >= 0.3 is 0 Å². The quantitative estimate of drug-likeness (QED) is 0.829. The van der Waals surface area contributed by atoms with E-state index < -0.39 is 17.6 Å². The van der Waals surface area contributed by atoms with Crippen molar-refractivity contribution in [2.45, 2.75) is 26.6 Å². The molecule has 126 valence electrons. The van der Waals surface area contributed by atoms with Crippen LogP contribution in [0.4, 0.5) is 4.39 Å². The van der Waals surface area contributed by atoms with E-state index in [0.717, 1.165) is 5.56 Å². The highest BCUT2D eigenvalue weighted by Gasteiger charge is 2.12. The number of hydrogen-bond acceptors (Lipinski definition) is 3. The molecule has 24 heavy (non-hydrogen) atoms. The van der Waals surface area contributed by atoms with Gasteiger partial charge in [-0.1, -0.05) is 24.3 Å². The molecule has 0 aliphatic heterocycles. The van der Waals surface area contributed by atoms with Crippen molar-refractivity contribution in [1.82, 2.24) is 10.9 Å². The third-order valence-electron chi connectivity index (χ3n) is 3.21. The number of halogens is 1. The van der Waals surface area contributed by atoms with E-state index in [9.17, 15) is 14.0 Å². The van der Waals surface area contributed by atoms with Gasteiger partial charge in [-0.2, -0.15) is 0 Å². The summed E-state index contributed by atoms with van der Waals surface area (Å²) in [6.45, 7) is 4.35. The summed E-state index contributed by atoms with van der Waals surface area (Å²) in [6, 6.07) is 12.3. The maximum atomic E-state index is 13.5. The fourth-order valence-corrected chi connectivity index (χ4v) is 1.91. The fraction of sp³-hybridized carbons (Fsp3) is 0.222. The highest BCUT2D eigenvalue weighted by atomic mass is 19.1. The molecular formula is C18H19FN2O3. The van der Waals surface area contributed by atoms with Gasteiger partial charge in [0.1, 0.15) is 5.82 Å². The Kier molecular flexibility index (Phi) is 6.03. The predicted octanol–water partition coefficient (Wildman–Crippen LogP) is 2.83. The van der Waals surface area contributed by atoms with E-state index in [1.165, 1.54) is 24.3 Å². The summed E-state index contributed by atoms with van der Waals surface area (Å²) < 4.78 is 19.0. The van der Waals surface area contributed by atoms with E-state index in [1.54, 1.807) is 24.3 Å². The van der Waals surface area contributed by atoms with Gasteiger partial charge in [0.25, 0.3) is 11.8 Å². The fourth-order valence-electron chi connectivity index (χ4n) is 1.91. The van der Waals surface area contributed by atoms with Gasteiger partial charge in [-0.3, -0.25) is 20.4 Å². The molecule has 5 nitrogen and oxygen atoms in total. The van der Waals surface area contributed by atoms with Crippen LogP contribution in [-0.4, -0.2) is 17.9 Å². The van der Waals surface area contributed by atoms with Gasteiger partial charge in [-0.15, -0.1) is 0 Å². The minimum atomic E-state index is -0.719. The molecule has 2 aromatic carbocycles. The smallest absolute Gasteiger partial charge is 0.272 e. The first kappa shape index (κ1) is 17.6. The summed E-state index contributed by atoms with van der Waals surface area (Å²) in [6.07, 6.45) is 0.126. The third kappa shape index (κ3) is 4.89. The molecule has 0 atom stereocenters. The summed E-state index contributed by atoms with van der Waals surface area (Å²) in [4.78, 5) is 23.8. The number of ether oxygens (including phenoxy) is 1. The van der Waals surface area contributed by atoms with Crippen molar-refractivity contribution in [3.05, 3.63) is 71.0 Å². The number of hydrogen-bond donors (Lipinski definition) is 2. The van der Waals surface area contributed by atoms with E-state index >= 15 is 0 Å². The third-order valence-corrected chi connectivity index (χ3v) is 3.21. The van der Waals surface area contributed by atoms with E-state index in [2.05, 4.69) is 10.9 Å². The number of rotatable bonds is 5. The molecule has 0 bridgehead atoms. The minimum absolute atomic E-state index is 0.126. The average molecular weight is 330 g/mol. The molecule has 0 aromatic heterocycles. The zero-order valence-corrected chi connectivity index (χ0v) is 13.5. The summed E-state index contributed by atoms with van der Waals surface area (Å²) in [5.74, 6) is -1.86. The van der Waals surface area contributed by atoms with Gasteiger partial charge in [-0.05, 0) is 43.7 Å². The zero-order chi connectivity index (χ0) is 17.5. The van der Waals surface area contributed by atoms with Gasteiger partial charge in [0, 0.05) is 5.56 Å². The Balaban J connectivity index is 1.90. The standard InChI is InChI=1S/C18H19FN2O3/c1-12(2)24-11-13-7-9-14(10-8-13)17(22)20-21-18(23)15-5-3-4-6-16(15)19/h3-10,12H,11H2,1-2H3,(H,20,22)(H,21,23). The molecule has 6 heteroatoms. The Hall–Kier alpha value is -2.73. The molecule has 0 radical (unpaired) electrons. The number of hydrazine groups is 1. The lowest BCUT2D eigenvalue weighted by Gasteiger charge is -2.09. The average Bonchev–Trinajstić information content (AvgIpc) is 2.58. The molecule has 0 saturated heterocycles. The SMILES string of the molecule is CC(C)OCc1ccc(C(=O)NNC(=O)c2ccccc2F)cc1. The predicted molar refractivity (Wildman–Crippen MR) is 87.7 cm³/mol. The number of nitrogens with one attached hydrogen (secondary N) is 2. The second kappa shape index (κ2) is 8.21. The molecule has 2 amide bonds. The van der Waals surface area contributed by atoms with Crippen molar-refractivity contribution >= 4 is 11.8 Å². The maximum Gasteiger partial charge on any atom is 0.272 e. The number of benzene rings is 2. The van der Waals surface area contributed by atoms with Crippen LogP contribution in [0, 0.1) is 5.82 Å². The molecule has 2 N–H and O–H groups in total. The normalized spacial score (nSPS) is 10.5. The maximum absolute atomic E-state index is 13.5. The molecule has 2 rings (SSSR count). The monoisotopic (exact) mass is 330 g/mol. The molecule has 0 saturated carbocycles. The van der Waals surface area contributed by atoms with Crippen molar-refractivity contribution in [3.63, 3.8) is 0 Å². The second-order valence-electron chi connectivity index (χ2n) is 5.44. The second-order valence-corrected chi connectivity index (χ2v) is 5.44. The van der Waals surface area contributed by atoms with E-state index in [0.29, 0.717) is 12.2 Å². The topological polar surface area (TPSA) is 67.4 Å². The lowest BCUT2D eigenvalue weighted by molar-refractivity contribution is 0.0656. The van der Waals surface area contributed by atoms with E-state index in [4.69, 9.17) is 4.74 Å². The lowest BCUT2D eigenvalue weighted by Crippen LogP contribution is -2.41. The van der Waals surface area contributed by atoms with Crippen molar-refractivity contribution in [2.24, 2.45) is 0 Å². The Morgan fingerprint density at radius 2 is 1.62 bits per heavy atom. The first-order valence-corrected chi connectivity index (χ1v) is 7.53. The van der Waals surface area contributed by atoms with Crippen LogP contribution in [0.15, 0.2) is 48.5 Å². The van der Waals surface area contributed by atoms with Crippen LogP contribution in [-0.2, 0) is 11.3 Å². The highest BCUT2D eigenvalue weighted by molar-refractivity contribution is 5.99. The largest absolute Gasteiger partial charge is 0.374 e. The van der Waals surface area contributed by atoms with Crippen LogP contribution in [0.5, 0.6) is 0 Å². The number of carbonyl (C=O) groups is 2. The van der Waals surface area contributed by atoms with Gasteiger partial charge < -0.3 is 4.74 Å². The molecule has 0 heterocycles. The summed E-state index contributed by atoms with van der Waals surface area (Å²) in [5.41, 5.74) is 5.62. The highest BCUT2D eigenvalue weighted by Crippen LogP contribution is 2.08. The van der Waals surface area contributed by atoms with Crippen molar-refractivity contribution in [1.29, 1.82) is 0 Å². The van der Waals surface area contributed by atoms with Gasteiger partial charge in [0.2, 0.25) is 0 Å². The molecule has 0 unspecified atom stereocenters.